The van der Waals surface area contributed by atoms with Gasteiger partial charge in [0.25, 0.3) is 5.91 Å². The van der Waals surface area contributed by atoms with E-state index in [4.69, 9.17) is 16.7 Å². The first-order valence-corrected chi connectivity index (χ1v) is 8.37. The number of benzene rings is 1. The lowest BCUT2D eigenvalue weighted by Crippen LogP contribution is -2.12. The number of anilines is 1. The Labute approximate surface area is 141 Å². The molecule has 0 aliphatic rings. The predicted octanol–water partition coefficient (Wildman–Crippen LogP) is 3.38. The molecule has 1 aromatic heterocycles. The molecular weight excluding hydrogens is 402 g/mol. The maximum atomic E-state index is 12.1. The van der Waals surface area contributed by atoms with E-state index in [1.54, 1.807) is 12.1 Å². The van der Waals surface area contributed by atoms with E-state index in [1.165, 1.54) is 6.07 Å². The van der Waals surface area contributed by atoms with Crippen LogP contribution in [0.5, 0.6) is 0 Å². The fourth-order valence-electron chi connectivity index (χ4n) is 1.28. The maximum Gasteiger partial charge on any atom is 0.313 e. The van der Waals surface area contributed by atoms with Gasteiger partial charge in [-0.25, -0.2) is 0 Å². The number of rotatable bonds is 5. The van der Waals surface area contributed by atoms with E-state index in [2.05, 4.69) is 31.4 Å². The minimum absolute atomic E-state index is 0.109. The third-order valence-corrected chi connectivity index (χ3v) is 5.00. The fourth-order valence-corrected chi connectivity index (χ4v) is 3.34. The van der Waals surface area contributed by atoms with Crippen LogP contribution in [-0.4, -0.2) is 32.9 Å². The van der Waals surface area contributed by atoms with Gasteiger partial charge < -0.3 is 5.11 Å². The standard InChI is InChI=1S/C11H7BrClN3O3S2/c12-7-2-1-5(13)3-6(7)9(19)14-10-15-16-11(21-10)20-4-8(17)18/h1-3H,4H2,(H,17,18)(H,14,15,19). The second-order valence-electron chi connectivity index (χ2n) is 3.63. The van der Waals surface area contributed by atoms with Gasteiger partial charge in [0, 0.05) is 9.50 Å². The van der Waals surface area contributed by atoms with Crippen LogP contribution < -0.4 is 5.32 Å². The van der Waals surface area contributed by atoms with E-state index in [0.29, 0.717) is 24.5 Å². The molecule has 1 amide bonds. The maximum absolute atomic E-state index is 12.1. The van der Waals surface area contributed by atoms with Crippen molar-refractivity contribution in [1.82, 2.24) is 10.2 Å². The molecule has 0 atom stereocenters. The number of aliphatic carboxylic acids is 1. The predicted molar refractivity (Wildman–Crippen MR) is 85.4 cm³/mol. The first kappa shape index (κ1) is 16.2. The minimum Gasteiger partial charge on any atom is -0.481 e. The molecule has 2 aromatic rings. The number of carbonyl (C=O) groups is 2. The van der Waals surface area contributed by atoms with Crippen LogP contribution in [-0.2, 0) is 4.79 Å². The van der Waals surface area contributed by atoms with Gasteiger partial charge in [-0.15, -0.1) is 10.2 Å². The van der Waals surface area contributed by atoms with Gasteiger partial charge in [0.1, 0.15) is 0 Å². The second-order valence-corrected chi connectivity index (χ2v) is 7.12. The Morgan fingerprint density at radius 2 is 2.19 bits per heavy atom. The first-order valence-electron chi connectivity index (χ1n) is 5.40. The van der Waals surface area contributed by atoms with E-state index in [0.717, 1.165) is 23.1 Å². The molecule has 0 fully saturated rings. The van der Waals surface area contributed by atoms with Crippen molar-refractivity contribution >= 4 is 67.6 Å². The highest BCUT2D eigenvalue weighted by molar-refractivity contribution is 9.10. The van der Waals surface area contributed by atoms with Crippen molar-refractivity contribution in [1.29, 1.82) is 0 Å². The van der Waals surface area contributed by atoms with Crippen molar-refractivity contribution in [2.75, 3.05) is 11.1 Å². The summed E-state index contributed by atoms with van der Waals surface area (Å²) in [7, 11) is 0. The van der Waals surface area contributed by atoms with Gasteiger partial charge in [-0.1, -0.05) is 34.7 Å². The molecule has 21 heavy (non-hydrogen) atoms. The van der Waals surface area contributed by atoms with Crippen LogP contribution in [0.2, 0.25) is 5.02 Å². The summed E-state index contributed by atoms with van der Waals surface area (Å²) in [5, 5.41) is 19.5. The number of carbonyl (C=O) groups excluding carboxylic acids is 1. The van der Waals surface area contributed by atoms with Gasteiger partial charge in [0.15, 0.2) is 4.34 Å². The SMILES string of the molecule is O=C(O)CSc1nnc(NC(=O)c2cc(Cl)ccc2Br)s1. The zero-order chi connectivity index (χ0) is 15.4. The van der Waals surface area contributed by atoms with E-state index in [-0.39, 0.29) is 11.7 Å². The van der Waals surface area contributed by atoms with E-state index in [1.807, 2.05) is 0 Å². The highest BCUT2D eigenvalue weighted by atomic mass is 79.9. The third-order valence-electron chi connectivity index (χ3n) is 2.12. The zero-order valence-electron chi connectivity index (χ0n) is 10.2. The first-order chi connectivity index (χ1) is 9.95. The number of hydrogen-bond acceptors (Lipinski definition) is 6. The van der Waals surface area contributed by atoms with Gasteiger partial charge in [0.05, 0.1) is 11.3 Å². The molecule has 0 unspecified atom stereocenters. The number of nitrogens with one attached hydrogen (secondary N) is 1. The Kier molecular flexibility index (Phi) is 5.57. The molecule has 0 aliphatic carbocycles. The van der Waals surface area contributed by atoms with Crippen molar-refractivity contribution in [3.8, 4) is 0 Å². The van der Waals surface area contributed by atoms with Crippen LogP contribution in [0.15, 0.2) is 27.0 Å². The van der Waals surface area contributed by atoms with Crippen LogP contribution >= 0.6 is 50.6 Å². The van der Waals surface area contributed by atoms with Crippen molar-refractivity contribution in [3.05, 3.63) is 33.3 Å². The summed E-state index contributed by atoms with van der Waals surface area (Å²) in [6, 6.07) is 4.86. The van der Waals surface area contributed by atoms with Crippen LogP contribution in [0.25, 0.3) is 0 Å². The van der Waals surface area contributed by atoms with Gasteiger partial charge in [-0.3, -0.25) is 14.9 Å². The third kappa shape index (κ3) is 4.67. The monoisotopic (exact) mass is 407 g/mol. The number of halogens is 2. The summed E-state index contributed by atoms with van der Waals surface area (Å²) >= 11 is 11.3. The van der Waals surface area contributed by atoms with Crippen LogP contribution in [0.4, 0.5) is 5.13 Å². The number of carboxylic acid groups (broad SMARTS) is 1. The average Bonchev–Trinajstić information content (AvgIpc) is 2.86. The number of carboxylic acids is 1. The number of amides is 1. The molecule has 0 saturated heterocycles. The van der Waals surface area contributed by atoms with Crippen LogP contribution in [0, 0.1) is 0 Å². The molecule has 2 rings (SSSR count). The molecule has 0 bridgehead atoms. The normalized spacial score (nSPS) is 10.4. The zero-order valence-corrected chi connectivity index (χ0v) is 14.1. The Balaban J connectivity index is 2.06. The number of aromatic nitrogens is 2. The average molecular weight is 409 g/mol. The van der Waals surface area contributed by atoms with E-state index >= 15 is 0 Å². The van der Waals surface area contributed by atoms with Crippen molar-refractivity contribution in [3.63, 3.8) is 0 Å². The fraction of sp³-hybridized carbons (Fsp3) is 0.0909. The van der Waals surface area contributed by atoms with Crippen molar-refractivity contribution < 1.29 is 14.7 Å². The van der Waals surface area contributed by atoms with Gasteiger partial charge in [0.2, 0.25) is 5.13 Å². The smallest absolute Gasteiger partial charge is 0.313 e. The van der Waals surface area contributed by atoms with Gasteiger partial charge in [-0.05, 0) is 34.1 Å². The highest BCUT2D eigenvalue weighted by Crippen LogP contribution is 2.27. The number of hydrogen-bond donors (Lipinski definition) is 2. The van der Waals surface area contributed by atoms with E-state index in [9.17, 15) is 9.59 Å². The Morgan fingerprint density at radius 1 is 1.43 bits per heavy atom. The Hall–Kier alpha value is -1.16. The Bertz CT molecular complexity index is 695. The molecule has 0 spiro atoms. The molecule has 10 heteroatoms. The van der Waals surface area contributed by atoms with Gasteiger partial charge in [-0.2, -0.15) is 0 Å². The van der Waals surface area contributed by atoms with Crippen molar-refractivity contribution in [2.24, 2.45) is 0 Å². The molecule has 0 radical (unpaired) electrons. The lowest BCUT2D eigenvalue weighted by atomic mass is 10.2. The van der Waals surface area contributed by atoms with Crippen LogP contribution in [0.3, 0.4) is 0 Å². The second kappa shape index (κ2) is 7.21. The lowest BCUT2D eigenvalue weighted by molar-refractivity contribution is -0.133. The van der Waals surface area contributed by atoms with Gasteiger partial charge >= 0.3 is 5.97 Å². The number of thioether (sulfide) groups is 1. The summed E-state index contributed by atoms with van der Waals surface area (Å²) in [4.78, 5) is 22.6. The number of nitrogens with zero attached hydrogens (tertiary/aromatic N) is 2. The largest absolute Gasteiger partial charge is 0.481 e. The highest BCUT2D eigenvalue weighted by Gasteiger charge is 2.14. The molecular formula is C11H7BrClN3O3S2. The quantitative estimate of drug-likeness (QED) is 0.582. The molecule has 1 heterocycles. The van der Waals surface area contributed by atoms with Crippen molar-refractivity contribution in [2.45, 2.75) is 4.34 Å². The minimum atomic E-state index is -0.941. The summed E-state index contributed by atoms with van der Waals surface area (Å²) in [5.41, 5.74) is 0.373. The van der Waals surface area contributed by atoms with E-state index < -0.39 is 5.97 Å². The molecule has 0 aliphatic heterocycles. The summed E-state index contributed by atoms with van der Waals surface area (Å²) in [5.74, 6) is -1.43. The summed E-state index contributed by atoms with van der Waals surface area (Å²) in [6.07, 6.45) is 0. The molecule has 1 aromatic carbocycles. The Morgan fingerprint density at radius 3 is 2.90 bits per heavy atom. The van der Waals surface area contributed by atoms with Crippen LogP contribution in [0.1, 0.15) is 10.4 Å². The topological polar surface area (TPSA) is 92.2 Å². The molecule has 2 N–H and O–H groups in total. The molecule has 6 nitrogen and oxygen atoms in total. The molecule has 0 saturated carbocycles. The molecule has 110 valence electrons. The summed E-state index contributed by atoms with van der Waals surface area (Å²) in [6.45, 7) is 0. The summed E-state index contributed by atoms with van der Waals surface area (Å²) < 4.78 is 1.08. The lowest BCUT2D eigenvalue weighted by Gasteiger charge is -2.04.